The summed E-state index contributed by atoms with van der Waals surface area (Å²) in [5.41, 5.74) is 3.94. The van der Waals surface area contributed by atoms with Gasteiger partial charge in [-0.05, 0) is 32.3 Å². The monoisotopic (exact) mass is 561 g/mol. The minimum absolute atomic E-state index is 0.169. The Morgan fingerprint density at radius 2 is 1.38 bits per heavy atom. The third-order valence-corrected chi connectivity index (χ3v) is 4.93. The third-order valence-electron chi connectivity index (χ3n) is 4.93. The Balaban J connectivity index is 2.31. The number of carbonyl (C=O) groups excluding carboxylic acids is 3. The second-order valence-corrected chi connectivity index (χ2v) is 9.54. The zero-order valence-corrected chi connectivity index (χ0v) is 21.7. The van der Waals surface area contributed by atoms with Crippen LogP contribution in [0.1, 0.15) is 40.2 Å². The Morgan fingerprint density at radius 1 is 0.846 bits per heavy atom. The zero-order chi connectivity index (χ0) is 29.5. The van der Waals surface area contributed by atoms with Crippen molar-refractivity contribution in [3.63, 3.8) is 0 Å². The van der Waals surface area contributed by atoms with E-state index in [9.17, 15) is 36.3 Å². The van der Waals surface area contributed by atoms with Crippen LogP contribution >= 0.6 is 0 Å². The molecule has 0 fully saturated rings. The molecule has 2 aromatic carbocycles. The maximum absolute atomic E-state index is 14.2. The smallest absolute Gasteiger partial charge is 0.421 e. The minimum atomic E-state index is -2.45. The van der Waals surface area contributed by atoms with Gasteiger partial charge in [-0.25, -0.2) is 33.0 Å². The lowest BCUT2D eigenvalue weighted by Gasteiger charge is -2.31. The molecule has 0 aliphatic carbocycles. The number of benzene rings is 2. The molecule has 2 aromatic rings. The first kappa shape index (κ1) is 31.3. The highest BCUT2D eigenvalue weighted by Crippen LogP contribution is 2.29. The van der Waals surface area contributed by atoms with Gasteiger partial charge < -0.3 is 19.5 Å². The van der Waals surface area contributed by atoms with E-state index in [0.717, 1.165) is 0 Å². The van der Waals surface area contributed by atoms with E-state index in [4.69, 9.17) is 9.47 Å². The van der Waals surface area contributed by atoms with Gasteiger partial charge in [-0.1, -0.05) is 44.2 Å². The summed E-state index contributed by atoms with van der Waals surface area (Å²) in [5, 5.41) is 2.37. The van der Waals surface area contributed by atoms with Gasteiger partial charge in [0, 0.05) is 0 Å². The quantitative estimate of drug-likeness (QED) is 0.102. The Hall–Kier alpha value is -3.94. The number of hydrazine groups is 1. The van der Waals surface area contributed by atoms with Crippen LogP contribution in [0.5, 0.6) is 5.75 Å². The number of esters is 1. The van der Waals surface area contributed by atoms with Crippen molar-refractivity contribution < 1.29 is 50.5 Å². The molecule has 0 saturated heterocycles. The molecule has 9 nitrogen and oxygen atoms in total. The van der Waals surface area contributed by atoms with Crippen LogP contribution in [-0.2, 0) is 20.9 Å². The summed E-state index contributed by atoms with van der Waals surface area (Å²) in [6, 6.07) is 5.36. The number of alkyl carbamates (subject to hydrolysis) is 1. The summed E-state index contributed by atoms with van der Waals surface area (Å²) in [7, 11) is 0. The van der Waals surface area contributed by atoms with E-state index in [-0.39, 0.29) is 6.61 Å². The molecule has 2 atom stereocenters. The summed E-state index contributed by atoms with van der Waals surface area (Å²) >= 11 is 0. The average Bonchev–Trinajstić information content (AvgIpc) is 2.86. The molecule has 214 valence electrons. The van der Waals surface area contributed by atoms with Crippen molar-refractivity contribution in [2.45, 2.75) is 58.9 Å². The van der Waals surface area contributed by atoms with Gasteiger partial charge in [-0.15, -0.1) is 0 Å². The van der Waals surface area contributed by atoms with Gasteiger partial charge in [-0.3, -0.25) is 5.43 Å². The van der Waals surface area contributed by atoms with E-state index < -0.39 is 76.6 Å². The Labute approximate surface area is 221 Å². The first-order chi connectivity index (χ1) is 18.1. The van der Waals surface area contributed by atoms with Crippen molar-refractivity contribution in [1.29, 1.82) is 0 Å². The summed E-state index contributed by atoms with van der Waals surface area (Å²) in [6.07, 6.45) is -2.11. The van der Waals surface area contributed by atoms with E-state index in [1.807, 2.05) is 5.43 Å². The van der Waals surface area contributed by atoms with E-state index in [1.165, 1.54) is 13.8 Å². The van der Waals surface area contributed by atoms with Crippen LogP contribution in [0, 0.1) is 35.0 Å². The van der Waals surface area contributed by atoms with Crippen molar-refractivity contribution in [2.75, 3.05) is 0 Å². The molecule has 0 heterocycles. The number of hydrogen-bond acceptors (Lipinski definition) is 7. The van der Waals surface area contributed by atoms with E-state index in [2.05, 4.69) is 15.5 Å². The molecule has 0 aliphatic heterocycles. The number of halogens is 5. The molecule has 2 rings (SSSR count). The van der Waals surface area contributed by atoms with Gasteiger partial charge >= 0.3 is 18.2 Å². The molecule has 0 bridgehead atoms. The highest BCUT2D eigenvalue weighted by Gasteiger charge is 2.37. The molecule has 0 aromatic heterocycles. The predicted molar refractivity (Wildman–Crippen MR) is 127 cm³/mol. The fraction of sp³-hybridized carbons (Fsp3) is 0.400. The molecule has 0 unspecified atom stereocenters. The minimum Gasteiger partial charge on any atom is -0.444 e. The Bertz CT molecular complexity index is 1160. The molecule has 14 heteroatoms. The average molecular weight is 562 g/mol. The number of rotatable bonds is 9. The van der Waals surface area contributed by atoms with Crippen LogP contribution in [-0.4, -0.2) is 35.8 Å². The van der Waals surface area contributed by atoms with E-state index in [0.29, 0.717) is 5.56 Å². The first-order valence-electron chi connectivity index (χ1n) is 11.6. The van der Waals surface area contributed by atoms with Crippen LogP contribution < -0.4 is 20.9 Å². The largest absolute Gasteiger partial charge is 0.444 e. The third kappa shape index (κ3) is 8.80. The normalized spacial score (nSPS) is 12.9. The van der Waals surface area contributed by atoms with E-state index in [1.54, 1.807) is 51.1 Å². The Morgan fingerprint density at radius 3 is 1.90 bits per heavy atom. The molecular formula is C25H28F5N3O6. The topological polar surface area (TPSA) is 115 Å². The zero-order valence-electron chi connectivity index (χ0n) is 21.7. The number of hydrogen-bond donors (Lipinski definition) is 3. The molecule has 39 heavy (non-hydrogen) atoms. The summed E-state index contributed by atoms with van der Waals surface area (Å²) in [6.45, 7) is 7.57. The lowest BCUT2D eigenvalue weighted by molar-refractivity contribution is -0.138. The summed E-state index contributed by atoms with van der Waals surface area (Å²) in [4.78, 5) is 37.6. The molecular weight excluding hydrogens is 533 g/mol. The highest BCUT2D eigenvalue weighted by molar-refractivity contribution is 5.81. The van der Waals surface area contributed by atoms with E-state index >= 15 is 0 Å². The number of carbonyl (C=O) groups is 3. The molecule has 0 aliphatic rings. The molecule has 3 N–H and O–H groups in total. The summed E-state index contributed by atoms with van der Waals surface area (Å²) in [5.74, 6) is -16.0. The van der Waals surface area contributed by atoms with Crippen molar-refractivity contribution in [3.8, 4) is 5.75 Å². The first-order valence-corrected chi connectivity index (χ1v) is 11.6. The van der Waals surface area contributed by atoms with Gasteiger partial charge in [0.1, 0.15) is 18.2 Å². The molecule has 0 saturated carbocycles. The van der Waals surface area contributed by atoms with Crippen LogP contribution in [0.4, 0.5) is 31.5 Å². The molecule has 2 amide bonds. The number of nitrogens with one attached hydrogen (secondary N) is 3. The number of amides is 2. The van der Waals surface area contributed by atoms with Gasteiger partial charge in [0.15, 0.2) is 0 Å². The van der Waals surface area contributed by atoms with Crippen LogP contribution in [0.15, 0.2) is 30.3 Å². The van der Waals surface area contributed by atoms with Crippen molar-refractivity contribution >= 4 is 18.2 Å². The second kappa shape index (κ2) is 13.2. The Kier molecular flexibility index (Phi) is 10.6. The van der Waals surface area contributed by atoms with Crippen LogP contribution in [0.25, 0.3) is 0 Å². The molecule has 0 radical (unpaired) electrons. The van der Waals surface area contributed by atoms with Crippen molar-refractivity contribution in [2.24, 2.45) is 5.92 Å². The second-order valence-electron chi connectivity index (χ2n) is 9.54. The standard InChI is InChI=1S/C25H28F5N3O6/c1-12(2)19(31-23(35)39-25(3,4)5)20(32-33-24(36)37-11-13-9-7-6-8-10-13)22(34)38-21-17(29)15(27)14(26)16(28)18(21)30/h6-10,12,19-20,32H,11H2,1-5H3,(H,31,35)(H,33,36)/t19-,20+/m1/s1. The highest BCUT2D eigenvalue weighted by atomic mass is 19.2. The maximum atomic E-state index is 14.2. The fourth-order valence-electron chi connectivity index (χ4n) is 3.11. The van der Waals surface area contributed by atoms with Gasteiger partial charge in [0.05, 0.1) is 6.04 Å². The van der Waals surface area contributed by atoms with Crippen molar-refractivity contribution in [1.82, 2.24) is 16.2 Å². The van der Waals surface area contributed by atoms with Crippen LogP contribution in [0.3, 0.4) is 0 Å². The lowest BCUT2D eigenvalue weighted by atomic mass is 9.97. The van der Waals surface area contributed by atoms with Crippen molar-refractivity contribution in [3.05, 3.63) is 65.0 Å². The van der Waals surface area contributed by atoms with Gasteiger partial charge in [0.2, 0.25) is 34.8 Å². The van der Waals surface area contributed by atoms with Gasteiger partial charge in [-0.2, -0.15) is 8.78 Å². The predicted octanol–water partition coefficient (Wildman–Crippen LogP) is 4.64. The SMILES string of the molecule is CC(C)[C@@H](NC(=O)OC(C)(C)C)[C@H](NNC(=O)OCc1ccccc1)C(=O)Oc1c(F)c(F)c(F)c(F)c1F. The number of ether oxygens (including phenoxy) is 3. The fourth-order valence-corrected chi connectivity index (χ4v) is 3.11. The van der Waals surface area contributed by atoms with Crippen LogP contribution in [0.2, 0.25) is 0 Å². The van der Waals surface area contributed by atoms with Gasteiger partial charge in [0.25, 0.3) is 0 Å². The molecule has 0 spiro atoms. The maximum Gasteiger partial charge on any atom is 0.421 e. The lowest BCUT2D eigenvalue weighted by Crippen LogP contribution is -2.61. The summed E-state index contributed by atoms with van der Waals surface area (Å²) < 4.78 is 83.7.